The Hall–Kier alpha value is -1.85. The maximum Gasteiger partial charge on any atom is 0.238 e. The average molecular weight is 290 g/mol. The lowest BCUT2D eigenvalue weighted by Crippen LogP contribution is -2.13. The van der Waals surface area contributed by atoms with Crippen LogP contribution in [0.15, 0.2) is 53.4 Å². The smallest absolute Gasteiger partial charge is 0.238 e. The molecule has 1 atom stereocenters. The Balaban J connectivity index is 2.23. The van der Waals surface area contributed by atoms with E-state index in [0.29, 0.717) is 0 Å². The van der Waals surface area contributed by atoms with E-state index in [-0.39, 0.29) is 10.9 Å². The third-order valence-corrected chi connectivity index (χ3v) is 4.00. The number of hydrogen-bond acceptors (Lipinski definition) is 3. The Morgan fingerprint density at radius 1 is 1.10 bits per heavy atom. The van der Waals surface area contributed by atoms with Gasteiger partial charge in [0.25, 0.3) is 0 Å². The van der Waals surface area contributed by atoms with Gasteiger partial charge in [-0.15, -0.1) is 0 Å². The van der Waals surface area contributed by atoms with E-state index in [1.165, 1.54) is 11.6 Å². The molecule has 0 aliphatic heterocycles. The summed E-state index contributed by atoms with van der Waals surface area (Å²) in [6.45, 7) is 4.00. The third-order valence-electron chi connectivity index (χ3n) is 3.09. The Kier molecular flexibility index (Phi) is 4.11. The molecule has 0 heterocycles. The molecular weight excluding hydrogens is 272 g/mol. The molecule has 1 unspecified atom stereocenters. The van der Waals surface area contributed by atoms with Gasteiger partial charge in [0.2, 0.25) is 10.0 Å². The van der Waals surface area contributed by atoms with Crippen LogP contribution in [-0.2, 0) is 10.0 Å². The van der Waals surface area contributed by atoms with E-state index in [9.17, 15) is 8.42 Å². The molecule has 3 N–H and O–H groups in total. The first-order valence-electron chi connectivity index (χ1n) is 6.32. The van der Waals surface area contributed by atoms with Gasteiger partial charge in [-0.1, -0.05) is 24.3 Å². The summed E-state index contributed by atoms with van der Waals surface area (Å²) in [7, 11) is -3.67. The molecule has 0 fully saturated rings. The highest BCUT2D eigenvalue weighted by molar-refractivity contribution is 7.89. The normalized spacial score (nSPS) is 12.9. The summed E-state index contributed by atoms with van der Waals surface area (Å²) >= 11 is 0. The van der Waals surface area contributed by atoms with Crippen molar-refractivity contribution >= 4 is 15.7 Å². The second-order valence-electron chi connectivity index (χ2n) is 4.85. The van der Waals surface area contributed by atoms with E-state index in [0.717, 1.165) is 11.3 Å². The van der Waals surface area contributed by atoms with Crippen molar-refractivity contribution in [2.45, 2.75) is 24.8 Å². The highest BCUT2D eigenvalue weighted by Crippen LogP contribution is 2.21. The Morgan fingerprint density at radius 2 is 1.80 bits per heavy atom. The minimum atomic E-state index is -3.67. The number of anilines is 1. The van der Waals surface area contributed by atoms with Gasteiger partial charge in [-0.05, 0) is 49.2 Å². The van der Waals surface area contributed by atoms with Crippen molar-refractivity contribution in [3.05, 3.63) is 59.7 Å². The predicted octanol–water partition coefficient (Wildman–Crippen LogP) is 2.82. The molecule has 2 rings (SSSR count). The molecular formula is C15H18N2O2S. The van der Waals surface area contributed by atoms with Gasteiger partial charge in [0.05, 0.1) is 4.90 Å². The molecule has 0 aliphatic carbocycles. The Bertz CT molecular complexity index is 711. The molecule has 5 heteroatoms. The minimum Gasteiger partial charge on any atom is -0.379 e. The molecule has 20 heavy (non-hydrogen) atoms. The summed E-state index contributed by atoms with van der Waals surface area (Å²) < 4.78 is 22.7. The van der Waals surface area contributed by atoms with Crippen LogP contribution in [0.1, 0.15) is 24.1 Å². The molecule has 0 radical (unpaired) electrons. The summed E-state index contributed by atoms with van der Waals surface area (Å²) in [6, 6.07) is 14.7. The molecule has 0 bridgehead atoms. The fraction of sp³-hybridized carbons (Fsp3) is 0.200. The van der Waals surface area contributed by atoms with Crippen molar-refractivity contribution in [3.8, 4) is 0 Å². The van der Waals surface area contributed by atoms with Gasteiger partial charge in [-0.25, -0.2) is 13.6 Å². The maximum absolute atomic E-state index is 11.4. The standard InChI is InChI=1S/C15H18N2O2S/c1-11-5-3-7-14(9-11)17-12(2)13-6-4-8-15(10-13)20(16,18)19/h3-10,12,17H,1-2H3,(H2,16,18,19). The summed E-state index contributed by atoms with van der Waals surface area (Å²) in [6.07, 6.45) is 0. The van der Waals surface area contributed by atoms with Gasteiger partial charge < -0.3 is 5.32 Å². The highest BCUT2D eigenvalue weighted by Gasteiger charge is 2.11. The van der Waals surface area contributed by atoms with Crippen molar-refractivity contribution in [1.82, 2.24) is 0 Å². The van der Waals surface area contributed by atoms with Crippen molar-refractivity contribution in [2.75, 3.05) is 5.32 Å². The third kappa shape index (κ3) is 3.59. The number of nitrogens with one attached hydrogen (secondary N) is 1. The Labute approximate surface area is 119 Å². The highest BCUT2D eigenvalue weighted by atomic mass is 32.2. The fourth-order valence-electron chi connectivity index (χ4n) is 2.03. The fourth-order valence-corrected chi connectivity index (χ4v) is 2.60. The SMILES string of the molecule is Cc1cccc(NC(C)c2cccc(S(N)(=O)=O)c2)c1. The summed E-state index contributed by atoms with van der Waals surface area (Å²) in [5.41, 5.74) is 3.04. The van der Waals surface area contributed by atoms with Crippen LogP contribution in [0.4, 0.5) is 5.69 Å². The predicted molar refractivity (Wildman–Crippen MR) is 81.0 cm³/mol. The Morgan fingerprint density at radius 3 is 2.45 bits per heavy atom. The van der Waals surface area contributed by atoms with E-state index in [2.05, 4.69) is 5.32 Å². The van der Waals surface area contributed by atoms with E-state index >= 15 is 0 Å². The first-order chi connectivity index (χ1) is 9.36. The monoisotopic (exact) mass is 290 g/mol. The first kappa shape index (κ1) is 14.6. The van der Waals surface area contributed by atoms with Crippen molar-refractivity contribution in [3.63, 3.8) is 0 Å². The zero-order chi connectivity index (χ0) is 14.8. The molecule has 0 spiro atoms. The lowest BCUT2D eigenvalue weighted by atomic mass is 10.1. The minimum absolute atomic E-state index is 0.0153. The molecule has 0 amide bonds. The van der Waals surface area contributed by atoms with Gasteiger partial charge in [0, 0.05) is 11.7 Å². The first-order valence-corrected chi connectivity index (χ1v) is 7.87. The zero-order valence-corrected chi connectivity index (χ0v) is 12.3. The number of primary sulfonamides is 1. The summed E-state index contributed by atoms with van der Waals surface area (Å²) in [5.74, 6) is 0. The van der Waals surface area contributed by atoms with Crippen LogP contribution >= 0.6 is 0 Å². The number of aryl methyl sites for hydroxylation is 1. The lowest BCUT2D eigenvalue weighted by molar-refractivity contribution is 0.597. The van der Waals surface area contributed by atoms with Crippen LogP contribution < -0.4 is 10.5 Å². The number of nitrogens with two attached hydrogens (primary N) is 1. The van der Waals surface area contributed by atoms with Crippen molar-refractivity contribution < 1.29 is 8.42 Å². The summed E-state index contributed by atoms with van der Waals surface area (Å²) in [5, 5.41) is 8.49. The van der Waals surface area contributed by atoms with Crippen LogP contribution in [-0.4, -0.2) is 8.42 Å². The second-order valence-corrected chi connectivity index (χ2v) is 6.41. The van der Waals surface area contributed by atoms with Gasteiger partial charge in [-0.2, -0.15) is 0 Å². The van der Waals surface area contributed by atoms with Crippen LogP contribution in [0.5, 0.6) is 0 Å². The maximum atomic E-state index is 11.4. The molecule has 0 saturated carbocycles. The van der Waals surface area contributed by atoms with Gasteiger partial charge in [0.1, 0.15) is 0 Å². The number of rotatable bonds is 4. The molecule has 106 valence electrons. The number of benzene rings is 2. The van der Waals surface area contributed by atoms with E-state index in [1.807, 2.05) is 44.2 Å². The van der Waals surface area contributed by atoms with E-state index in [4.69, 9.17) is 5.14 Å². The second kappa shape index (κ2) is 5.64. The quantitative estimate of drug-likeness (QED) is 0.909. The van der Waals surface area contributed by atoms with Crippen LogP contribution in [0.3, 0.4) is 0 Å². The topological polar surface area (TPSA) is 72.2 Å². The van der Waals surface area contributed by atoms with Gasteiger partial charge >= 0.3 is 0 Å². The summed E-state index contributed by atoms with van der Waals surface area (Å²) in [4.78, 5) is 0.132. The average Bonchev–Trinajstić information content (AvgIpc) is 2.38. The number of sulfonamides is 1. The van der Waals surface area contributed by atoms with Crippen LogP contribution in [0.2, 0.25) is 0 Å². The lowest BCUT2D eigenvalue weighted by Gasteiger charge is -2.16. The van der Waals surface area contributed by atoms with Crippen LogP contribution in [0, 0.1) is 6.92 Å². The van der Waals surface area contributed by atoms with Gasteiger partial charge in [-0.3, -0.25) is 0 Å². The molecule has 2 aromatic carbocycles. The molecule has 2 aromatic rings. The molecule has 0 aliphatic rings. The van der Waals surface area contributed by atoms with Crippen molar-refractivity contribution in [2.24, 2.45) is 5.14 Å². The van der Waals surface area contributed by atoms with Crippen molar-refractivity contribution in [1.29, 1.82) is 0 Å². The molecule has 0 aromatic heterocycles. The zero-order valence-electron chi connectivity index (χ0n) is 11.5. The molecule has 0 saturated heterocycles. The van der Waals surface area contributed by atoms with E-state index < -0.39 is 10.0 Å². The van der Waals surface area contributed by atoms with Crippen LogP contribution in [0.25, 0.3) is 0 Å². The van der Waals surface area contributed by atoms with E-state index in [1.54, 1.807) is 12.1 Å². The number of hydrogen-bond donors (Lipinski definition) is 2. The molecule has 4 nitrogen and oxygen atoms in total. The van der Waals surface area contributed by atoms with Gasteiger partial charge in [0.15, 0.2) is 0 Å². The largest absolute Gasteiger partial charge is 0.379 e.